The highest BCUT2D eigenvalue weighted by molar-refractivity contribution is 7.90. The van der Waals surface area contributed by atoms with Crippen molar-refractivity contribution >= 4 is 27.3 Å². The van der Waals surface area contributed by atoms with Gasteiger partial charge >= 0.3 is 0 Å². The molecule has 1 aromatic carbocycles. The number of aryl methyl sites for hydroxylation is 1. The molecule has 0 radical (unpaired) electrons. The molecule has 4 heterocycles. The molecule has 2 aliphatic rings. The highest BCUT2D eigenvalue weighted by Crippen LogP contribution is 2.35. The number of nitrogens with zero attached hydrogens (tertiary/aromatic N) is 5. The second-order valence-electron chi connectivity index (χ2n) is 9.37. The molecule has 178 valence electrons. The Kier molecular flexibility index (Phi) is 6.25. The Bertz CT molecular complexity index is 1250. The van der Waals surface area contributed by atoms with Gasteiger partial charge in [0.25, 0.3) is 0 Å². The van der Waals surface area contributed by atoms with Crippen LogP contribution in [-0.4, -0.2) is 49.3 Å². The van der Waals surface area contributed by atoms with Crippen molar-refractivity contribution < 1.29 is 8.42 Å². The largest absolute Gasteiger partial charge is 0.341 e. The van der Waals surface area contributed by atoms with Gasteiger partial charge in [0.15, 0.2) is 9.84 Å². The molecule has 1 fully saturated rings. The number of sulfone groups is 1. The molecule has 5 rings (SSSR count). The molecule has 2 aromatic heterocycles. The lowest BCUT2D eigenvalue weighted by Gasteiger charge is -2.32. The van der Waals surface area contributed by atoms with Gasteiger partial charge in [-0.15, -0.1) is 0 Å². The van der Waals surface area contributed by atoms with Crippen LogP contribution >= 0.6 is 0 Å². The molecule has 0 amide bonds. The zero-order valence-electron chi connectivity index (χ0n) is 19.8. The van der Waals surface area contributed by atoms with Crippen LogP contribution in [0.5, 0.6) is 0 Å². The first-order valence-electron chi connectivity index (χ1n) is 12.0. The predicted molar refractivity (Wildman–Crippen MR) is 135 cm³/mol. The van der Waals surface area contributed by atoms with Gasteiger partial charge in [0.2, 0.25) is 5.95 Å². The lowest BCUT2D eigenvalue weighted by atomic mass is 9.91. The van der Waals surface area contributed by atoms with Gasteiger partial charge in [-0.05, 0) is 79.0 Å². The van der Waals surface area contributed by atoms with E-state index in [2.05, 4.69) is 38.8 Å². The summed E-state index contributed by atoms with van der Waals surface area (Å²) in [6.07, 6.45) is 12.2. The number of aromatic nitrogens is 3. The molecule has 3 aromatic rings. The summed E-state index contributed by atoms with van der Waals surface area (Å²) in [4.78, 5) is 18.7. The Morgan fingerprint density at radius 3 is 2.32 bits per heavy atom. The molecule has 0 N–H and O–H groups in total. The number of fused-ring (bicyclic) bond motifs is 1. The fourth-order valence-electron chi connectivity index (χ4n) is 4.91. The molecule has 0 atom stereocenters. The van der Waals surface area contributed by atoms with Crippen LogP contribution in [-0.2, 0) is 29.1 Å². The van der Waals surface area contributed by atoms with Crippen molar-refractivity contribution in [1.29, 1.82) is 0 Å². The predicted octanol–water partition coefficient (Wildman–Crippen LogP) is 3.99. The zero-order chi connectivity index (χ0) is 23.7. The second kappa shape index (κ2) is 9.33. The minimum Gasteiger partial charge on any atom is -0.341 e. The normalized spacial score (nSPS) is 16.6. The number of hydrogen-bond donors (Lipinski definition) is 0. The van der Waals surface area contributed by atoms with E-state index >= 15 is 0 Å². The zero-order valence-corrected chi connectivity index (χ0v) is 20.6. The monoisotopic (exact) mass is 477 g/mol. The summed E-state index contributed by atoms with van der Waals surface area (Å²) in [5.41, 5.74) is 4.55. The number of anilines is 3. The van der Waals surface area contributed by atoms with E-state index in [0.29, 0.717) is 10.8 Å². The first kappa shape index (κ1) is 22.8. The SMILES string of the molecule is CCc1cnc(N2CCC(Cc3ccc(N4CCc5cc(S(C)(=O)=O)ccc54)nc3)CC2)nc1. The average molecular weight is 478 g/mol. The lowest BCUT2D eigenvalue weighted by molar-refractivity contribution is 0.400. The quantitative estimate of drug-likeness (QED) is 0.531. The van der Waals surface area contributed by atoms with Gasteiger partial charge in [-0.1, -0.05) is 13.0 Å². The van der Waals surface area contributed by atoms with Crippen LogP contribution in [0.15, 0.2) is 53.8 Å². The fraction of sp³-hybridized carbons (Fsp3) is 0.423. The molecule has 0 saturated carbocycles. The summed E-state index contributed by atoms with van der Waals surface area (Å²) in [7, 11) is -3.19. The van der Waals surface area contributed by atoms with E-state index in [4.69, 9.17) is 4.98 Å². The summed E-state index contributed by atoms with van der Waals surface area (Å²) in [6, 6.07) is 9.67. The van der Waals surface area contributed by atoms with Gasteiger partial charge in [-0.25, -0.2) is 23.4 Å². The third-order valence-corrected chi connectivity index (χ3v) is 8.09. The number of piperidine rings is 1. The molecular formula is C26H31N5O2S. The molecule has 1 saturated heterocycles. The van der Waals surface area contributed by atoms with E-state index in [1.165, 1.54) is 17.4 Å². The van der Waals surface area contributed by atoms with Crippen molar-refractivity contribution in [3.63, 3.8) is 0 Å². The van der Waals surface area contributed by atoms with Gasteiger partial charge in [-0.2, -0.15) is 0 Å². The van der Waals surface area contributed by atoms with Gasteiger partial charge in [-0.3, -0.25) is 0 Å². The lowest BCUT2D eigenvalue weighted by Crippen LogP contribution is -2.35. The first-order valence-corrected chi connectivity index (χ1v) is 13.9. The Hall–Kier alpha value is -3.00. The number of benzene rings is 1. The van der Waals surface area contributed by atoms with Crippen LogP contribution in [0.1, 0.15) is 36.5 Å². The molecular weight excluding hydrogens is 446 g/mol. The van der Waals surface area contributed by atoms with Gasteiger partial charge in [0.1, 0.15) is 5.82 Å². The number of hydrogen-bond acceptors (Lipinski definition) is 7. The van der Waals surface area contributed by atoms with Crippen LogP contribution in [0.4, 0.5) is 17.5 Å². The summed E-state index contributed by atoms with van der Waals surface area (Å²) in [5, 5.41) is 0. The summed E-state index contributed by atoms with van der Waals surface area (Å²) < 4.78 is 23.7. The molecule has 34 heavy (non-hydrogen) atoms. The van der Waals surface area contributed by atoms with Crippen molar-refractivity contribution in [3.05, 3.63) is 65.6 Å². The van der Waals surface area contributed by atoms with E-state index < -0.39 is 9.84 Å². The maximum absolute atomic E-state index is 11.9. The van der Waals surface area contributed by atoms with E-state index in [-0.39, 0.29) is 0 Å². The van der Waals surface area contributed by atoms with E-state index in [0.717, 1.165) is 74.8 Å². The Morgan fingerprint density at radius 1 is 0.941 bits per heavy atom. The Labute approximate surface area is 201 Å². The van der Waals surface area contributed by atoms with E-state index in [1.807, 2.05) is 24.7 Å². The molecule has 8 heteroatoms. The topological polar surface area (TPSA) is 79.3 Å². The van der Waals surface area contributed by atoms with Gasteiger partial charge in [0.05, 0.1) is 4.90 Å². The van der Waals surface area contributed by atoms with Gasteiger partial charge < -0.3 is 9.80 Å². The van der Waals surface area contributed by atoms with Crippen molar-refractivity contribution in [2.24, 2.45) is 5.92 Å². The molecule has 0 unspecified atom stereocenters. The smallest absolute Gasteiger partial charge is 0.225 e. The molecule has 0 spiro atoms. The summed E-state index contributed by atoms with van der Waals surface area (Å²) in [6.45, 7) is 4.91. The minimum atomic E-state index is -3.19. The molecule has 7 nitrogen and oxygen atoms in total. The van der Waals surface area contributed by atoms with Crippen molar-refractivity contribution in [2.75, 3.05) is 35.7 Å². The third kappa shape index (κ3) is 4.78. The molecule has 2 aliphatic heterocycles. The van der Waals surface area contributed by atoms with Crippen LogP contribution in [0.3, 0.4) is 0 Å². The first-order chi connectivity index (χ1) is 16.4. The molecule has 0 bridgehead atoms. The highest BCUT2D eigenvalue weighted by Gasteiger charge is 2.24. The van der Waals surface area contributed by atoms with E-state index in [1.54, 1.807) is 12.1 Å². The van der Waals surface area contributed by atoms with E-state index in [9.17, 15) is 8.42 Å². The maximum atomic E-state index is 11.9. The second-order valence-corrected chi connectivity index (χ2v) is 11.4. The van der Waals surface area contributed by atoms with Crippen molar-refractivity contribution in [2.45, 2.75) is 43.9 Å². The van der Waals surface area contributed by atoms with Crippen LogP contribution < -0.4 is 9.80 Å². The Balaban J connectivity index is 1.19. The molecule has 0 aliphatic carbocycles. The van der Waals surface area contributed by atoms with Crippen LogP contribution in [0.25, 0.3) is 0 Å². The van der Waals surface area contributed by atoms with Crippen molar-refractivity contribution in [1.82, 2.24) is 15.0 Å². The summed E-state index contributed by atoms with van der Waals surface area (Å²) in [5.74, 6) is 2.40. The number of rotatable bonds is 6. The van der Waals surface area contributed by atoms with Crippen LogP contribution in [0.2, 0.25) is 0 Å². The summed E-state index contributed by atoms with van der Waals surface area (Å²) >= 11 is 0. The van der Waals surface area contributed by atoms with Crippen LogP contribution in [0, 0.1) is 5.92 Å². The highest BCUT2D eigenvalue weighted by atomic mass is 32.2. The average Bonchev–Trinajstić information content (AvgIpc) is 3.28. The maximum Gasteiger partial charge on any atom is 0.225 e. The third-order valence-electron chi connectivity index (χ3n) is 6.98. The van der Waals surface area contributed by atoms with Gasteiger partial charge in [0, 0.05) is 50.2 Å². The number of pyridine rings is 1. The fourth-order valence-corrected chi connectivity index (χ4v) is 5.58. The minimum absolute atomic E-state index is 0.381. The Morgan fingerprint density at radius 2 is 1.68 bits per heavy atom. The van der Waals surface area contributed by atoms with Crippen molar-refractivity contribution in [3.8, 4) is 0 Å². The standard InChI is InChI=1S/C26H31N5O2S/c1-3-19-16-28-26(29-17-19)30-11-8-20(9-12-30)14-21-4-7-25(27-18-21)31-13-10-22-15-23(34(2,32)33)5-6-24(22)31/h4-7,15-18,20H,3,8-14H2,1-2H3.